The Kier molecular flexibility index (Phi) is 5.57. The topological polar surface area (TPSA) is 134 Å². The molecular formula is C19H19N3O6. The van der Waals surface area contributed by atoms with Crippen LogP contribution in [0, 0.1) is 0 Å². The maximum atomic E-state index is 12.8. The van der Waals surface area contributed by atoms with Gasteiger partial charge in [0.1, 0.15) is 11.3 Å². The number of methoxy groups -OCH3 is 1. The van der Waals surface area contributed by atoms with Crippen molar-refractivity contribution in [1.29, 1.82) is 0 Å². The lowest BCUT2D eigenvalue weighted by Crippen LogP contribution is -2.21. The summed E-state index contributed by atoms with van der Waals surface area (Å²) in [6, 6.07) is 11.3. The quantitative estimate of drug-likeness (QED) is 0.482. The SMILES string of the molecule is COc1ccc(NC(=O)c2nn(CC(O)CO)c3ccccc23)cc1C(=O)O. The molecule has 9 heteroatoms. The van der Waals surface area contributed by atoms with Crippen LogP contribution in [0.25, 0.3) is 10.9 Å². The minimum absolute atomic E-state index is 0.0238. The first-order valence-corrected chi connectivity index (χ1v) is 8.41. The molecule has 1 unspecified atom stereocenters. The van der Waals surface area contributed by atoms with Gasteiger partial charge in [0.05, 0.1) is 31.9 Å². The predicted molar refractivity (Wildman–Crippen MR) is 101 cm³/mol. The smallest absolute Gasteiger partial charge is 0.339 e. The van der Waals surface area contributed by atoms with Crippen LogP contribution in [0.5, 0.6) is 5.75 Å². The summed E-state index contributed by atoms with van der Waals surface area (Å²) >= 11 is 0. The van der Waals surface area contributed by atoms with Gasteiger partial charge >= 0.3 is 5.97 Å². The zero-order valence-electron chi connectivity index (χ0n) is 15.0. The number of benzene rings is 2. The Balaban J connectivity index is 1.94. The fraction of sp³-hybridized carbons (Fsp3) is 0.211. The summed E-state index contributed by atoms with van der Waals surface area (Å²) in [7, 11) is 1.36. The van der Waals surface area contributed by atoms with Crippen molar-refractivity contribution in [3.05, 3.63) is 53.7 Å². The minimum Gasteiger partial charge on any atom is -0.496 e. The van der Waals surface area contributed by atoms with Crippen LogP contribution in [0.1, 0.15) is 20.8 Å². The van der Waals surface area contributed by atoms with E-state index in [0.717, 1.165) is 0 Å². The van der Waals surface area contributed by atoms with Crippen molar-refractivity contribution < 1.29 is 29.6 Å². The second kappa shape index (κ2) is 8.07. The molecule has 3 aromatic rings. The van der Waals surface area contributed by atoms with Crippen molar-refractivity contribution in [2.45, 2.75) is 12.6 Å². The Morgan fingerprint density at radius 3 is 2.68 bits per heavy atom. The molecule has 0 aliphatic rings. The summed E-state index contributed by atoms with van der Waals surface area (Å²) in [6.45, 7) is -0.407. The number of nitrogens with one attached hydrogen (secondary N) is 1. The van der Waals surface area contributed by atoms with Gasteiger partial charge in [-0.3, -0.25) is 9.48 Å². The number of carbonyl (C=O) groups excluding carboxylic acids is 1. The lowest BCUT2D eigenvalue weighted by molar-refractivity contribution is 0.0693. The molecule has 0 aliphatic carbocycles. The predicted octanol–water partition coefficient (Wildman–Crippen LogP) is 1.35. The number of aromatic nitrogens is 2. The highest BCUT2D eigenvalue weighted by molar-refractivity contribution is 6.11. The number of carboxylic acid groups (broad SMARTS) is 1. The van der Waals surface area contributed by atoms with Crippen LogP contribution >= 0.6 is 0 Å². The third-order valence-corrected chi connectivity index (χ3v) is 4.16. The zero-order valence-corrected chi connectivity index (χ0v) is 15.0. The van der Waals surface area contributed by atoms with E-state index >= 15 is 0 Å². The monoisotopic (exact) mass is 385 g/mol. The Morgan fingerprint density at radius 2 is 2.00 bits per heavy atom. The number of aliphatic hydroxyl groups excluding tert-OH is 2. The normalized spacial score (nSPS) is 12.0. The molecule has 4 N–H and O–H groups in total. The Bertz CT molecular complexity index is 1030. The van der Waals surface area contributed by atoms with E-state index in [9.17, 15) is 19.8 Å². The van der Waals surface area contributed by atoms with Gasteiger partial charge in [-0.15, -0.1) is 0 Å². The summed E-state index contributed by atoms with van der Waals surface area (Å²) in [5, 5.41) is 35.5. The molecule has 0 fully saturated rings. The lowest BCUT2D eigenvalue weighted by Gasteiger charge is -2.09. The van der Waals surface area contributed by atoms with E-state index in [2.05, 4.69) is 10.4 Å². The summed E-state index contributed by atoms with van der Waals surface area (Å²) in [4.78, 5) is 24.1. The average molecular weight is 385 g/mol. The molecule has 3 rings (SSSR count). The van der Waals surface area contributed by atoms with Gasteiger partial charge in [0.25, 0.3) is 5.91 Å². The van der Waals surface area contributed by atoms with Crippen LogP contribution in [0.15, 0.2) is 42.5 Å². The van der Waals surface area contributed by atoms with Crippen molar-refractivity contribution in [3.8, 4) is 5.75 Å². The first-order valence-electron chi connectivity index (χ1n) is 8.41. The first-order chi connectivity index (χ1) is 13.4. The van der Waals surface area contributed by atoms with Crippen LogP contribution in [0.4, 0.5) is 5.69 Å². The van der Waals surface area contributed by atoms with E-state index in [4.69, 9.17) is 9.84 Å². The Morgan fingerprint density at radius 1 is 1.25 bits per heavy atom. The van der Waals surface area contributed by atoms with Gasteiger partial charge in [-0.25, -0.2) is 4.79 Å². The molecule has 1 amide bonds. The molecule has 0 saturated carbocycles. The molecule has 0 aliphatic heterocycles. The van der Waals surface area contributed by atoms with Gasteiger partial charge in [0.2, 0.25) is 0 Å². The number of para-hydroxylation sites is 1. The number of aliphatic hydroxyl groups is 2. The van der Waals surface area contributed by atoms with Crippen molar-refractivity contribution in [2.24, 2.45) is 0 Å². The van der Waals surface area contributed by atoms with E-state index in [1.54, 1.807) is 24.3 Å². The highest BCUT2D eigenvalue weighted by atomic mass is 16.5. The number of carbonyl (C=O) groups is 2. The second-order valence-electron chi connectivity index (χ2n) is 6.06. The third-order valence-electron chi connectivity index (χ3n) is 4.16. The van der Waals surface area contributed by atoms with Crippen LogP contribution in [0.2, 0.25) is 0 Å². The third kappa shape index (κ3) is 3.80. The molecule has 1 heterocycles. The van der Waals surface area contributed by atoms with E-state index in [1.807, 2.05) is 0 Å². The second-order valence-corrected chi connectivity index (χ2v) is 6.06. The molecule has 2 aromatic carbocycles. The van der Waals surface area contributed by atoms with Gasteiger partial charge in [-0.05, 0) is 24.3 Å². The van der Waals surface area contributed by atoms with Crippen molar-refractivity contribution in [3.63, 3.8) is 0 Å². The number of hydrogen-bond donors (Lipinski definition) is 4. The van der Waals surface area contributed by atoms with E-state index < -0.39 is 24.6 Å². The van der Waals surface area contributed by atoms with Crippen LogP contribution in [-0.2, 0) is 6.54 Å². The van der Waals surface area contributed by atoms with Crippen LogP contribution in [0.3, 0.4) is 0 Å². The Labute approximate surface area is 159 Å². The molecular weight excluding hydrogens is 366 g/mol. The summed E-state index contributed by atoms with van der Waals surface area (Å²) < 4.78 is 6.45. The molecule has 1 atom stereocenters. The van der Waals surface area contributed by atoms with Gasteiger partial charge < -0.3 is 25.4 Å². The number of anilines is 1. The molecule has 0 radical (unpaired) electrons. The lowest BCUT2D eigenvalue weighted by atomic mass is 10.1. The first kappa shape index (κ1) is 19.3. The summed E-state index contributed by atoms with van der Waals surface area (Å²) in [5.41, 5.74) is 0.938. The van der Waals surface area contributed by atoms with Crippen molar-refractivity contribution >= 4 is 28.5 Å². The van der Waals surface area contributed by atoms with Crippen molar-refractivity contribution in [1.82, 2.24) is 9.78 Å². The van der Waals surface area contributed by atoms with Gasteiger partial charge in [-0.1, -0.05) is 18.2 Å². The van der Waals surface area contributed by atoms with Gasteiger partial charge in [0, 0.05) is 11.1 Å². The number of rotatable bonds is 7. The summed E-state index contributed by atoms with van der Waals surface area (Å²) in [5.74, 6) is -1.53. The summed E-state index contributed by atoms with van der Waals surface area (Å²) in [6.07, 6.45) is -1.01. The average Bonchev–Trinajstić information content (AvgIpc) is 3.06. The minimum atomic E-state index is -1.18. The molecule has 1 aromatic heterocycles. The molecule has 28 heavy (non-hydrogen) atoms. The van der Waals surface area contributed by atoms with E-state index in [1.165, 1.54) is 30.0 Å². The highest BCUT2D eigenvalue weighted by Gasteiger charge is 2.19. The number of fused-ring (bicyclic) bond motifs is 1. The van der Waals surface area contributed by atoms with E-state index in [0.29, 0.717) is 10.9 Å². The van der Waals surface area contributed by atoms with Gasteiger partial charge in [0.15, 0.2) is 5.69 Å². The zero-order chi connectivity index (χ0) is 20.3. The molecule has 0 bridgehead atoms. The maximum Gasteiger partial charge on any atom is 0.339 e. The number of aromatic carboxylic acids is 1. The molecule has 146 valence electrons. The fourth-order valence-electron chi connectivity index (χ4n) is 2.83. The Hall–Kier alpha value is -3.43. The van der Waals surface area contributed by atoms with Crippen molar-refractivity contribution in [2.75, 3.05) is 19.0 Å². The maximum absolute atomic E-state index is 12.8. The van der Waals surface area contributed by atoms with Crippen LogP contribution < -0.4 is 10.1 Å². The number of hydrogen-bond acceptors (Lipinski definition) is 6. The number of carboxylic acids is 1. The number of nitrogens with zero attached hydrogens (tertiary/aromatic N) is 2. The fourth-order valence-corrected chi connectivity index (χ4v) is 2.83. The molecule has 0 spiro atoms. The van der Waals surface area contributed by atoms with Crippen LogP contribution in [-0.4, -0.2) is 56.8 Å². The largest absolute Gasteiger partial charge is 0.496 e. The number of ether oxygens (including phenoxy) is 1. The standard InChI is InChI=1S/C19H19N3O6/c1-28-16-7-6-11(8-14(16)19(26)27)20-18(25)17-13-4-2-3-5-15(13)22(21-17)9-12(24)10-23/h2-8,12,23-24H,9-10H2,1H3,(H,20,25)(H,26,27). The highest BCUT2D eigenvalue weighted by Crippen LogP contribution is 2.24. The van der Waals surface area contributed by atoms with E-state index in [-0.39, 0.29) is 29.2 Å². The molecule has 9 nitrogen and oxygen atoms in total. The van der Waals surface area contributed by atoms with Gasteiger partial charge in [-0.2, -0.15) is 5.10 Å². The molecule has 0 saturated heterocycles. The number of amides is 1.